The molecular formula is C15H18ClIN2. The van der Waals surface area contributed by atoms with E-state index in [9.17, 15) is 0 Å². The molecule has 1 aromatic carbocycles. The van der Waals surface area contributed by atoms with Crippen molar-refractivity contribution in [3.8, 4) is 0 Å². The first-order chi connectivity index (χ1) is 9.05. The third-order valence-corrected chi connectivity index (χ3v) is 5.41. The topological polar surface area (TPSA) is 17.8 Å². The van der Waals surface area contributed by atoms with Gasteiger partial charge in [0.1, 0.15) is 5.82 Å². The molecule has 1 aliphatic rings. The summed E-state index contributed by atoms with van der Waals surface area (Å²) in [6.07, 6.45) is 2.66. The van der Waals surface area contributed by atoms with Crippen LogP contribution in [0, 0.1) is 14.9 Å². The molecule has 0 N–H and O–H groups in total. The second-order valence-corrected chi connectivity index (χ2v) is 7.41. The van der Waals surface area contributed by atoms with Gasteiger partial charge in [-0.3, -0.25) is 0 Å². The molecule has 4 heteroatoms. The van der Waals surface area contributed by atoms with Crippen LogP contribution in [0.25, 0.3) is 11.0 Å². The van der Waals surface area contributed by atoms with Crippen LogP contribution >= 0.6 is 34.2 Å². The number of benzene rings is 1. The van der Waals surface area contributed by atoms with Gasteiger partial charge in [-0.2, -0.15) is 0 Å². The molecule has 0 atom stereocenters. The number of aromatic nitrogens is 2. The quantitative estimate of drug-likeness (QED) is 0.542. The average molecular weight is 389 g/mol. The van der Waals surface area contributed by atoms with E-state index in [4.69, 9.17) is 11.6 Å². The fourth-order valence-electron chi connectivity index (χ4n) is 2.82. The minimum absolute atomic E-state index is 0.470. The van der Waals surface area contributed by atoms with E-state index in [1.807, 2.05) is 0 Å². The van der Waals surface area contributed by atoms with E-state index < -0.39 is 0 Å². The van der Waals surface area contributed by atoms with Crippen LogP contribution in [-0.4, -0.2) is 9.55 Å². The SMILES string of the molecule is CC(C)C1(Cn2c(CCl)nc3cc(I)ccc32)CC1. The summed E-state index contributed by atoms with van der Waals surface area (Å²) in [5.74, 6) is 2.21. The largest absolute Gasteiger partial charge is 0.326 e. The van der Waals surface area contributed by atoms with E-state index in [1.165, 1.54) is 21.9 Å². The maximum Gasteiger partial charge on any atom is 0.124 e. The summed E-state index contributed by atoms with van der Waals surface area (Å²) in [4.78, 5) is 4.69. The lowest BCUT2D eigenvalue weighted by molar-refractivity contribution is 0.309. The Hall–Kier alpha value is -0.290. The van der Waals surface area contributed by atoms with Gasteiger partial charge in [-0.1, -0.05) is 13.8 Å². The predicted molar refractivity (Wildman–Crippen MR) is 88.5 cm³/mol. The Morgan fingerprint density at radius 2 is 2.16 bits per heavy atom. The summed E-state index contributed by atoms with van der Waals surface area (Å²) in [6, 6.07) is 6.46. The highest BCUT2D eigenvalue weighted by Crippen LogP contribution is 2.53. The molecule has 102 valence electrons. The smallest absolute Gasteiger partial charge is 0.124 e. The van der Waals surface area contributed by atoms with Gasteiger partial charge in [0.25, 0.3) is 0 Å². The van der Waals surface area contributed by atoms with E-state index in [0.29, 0.717) is 11.3 Å². The molecule has 0 unspecified atom stereocenters. The monoisotopic (exact) mass is 388 g/mol. The van der Waals surface area contributed by atoms with E-state index >= 15 is 0 Å². The van der Waals surface area contributed by atoms with E-state index in [1.54, 1.807) is 0 Å². The second-order valence-electron chi connectivity index (χ2n) is 5.90. The van der Waals surface area contributed by atoms with Crippen LogP contribution in [0.5, 0.6) is 0 Å². The van der Waals surface area contributed by atoms with Gasteiger partial charge in [0.15, 0.2) is 0 Å². The Morgan fingerprint density at radius 3 is 2.74 bits per heavy atom. The van der Waals surface area contributed by atoms with Crippen LogP contribution < -0.4 is 0 Å². The van der Waals surface area contributed by atoms with Gasteiger partial charge in [0, 0.05) is 10.1 Å². The summed E-state index contributed by atoms with van der Waals surface area (Å²) in [5, 5.41) is 0. The number of hydrogen-bond donors (Lipinski definition) is 0. The Kier molecular flexibility index (Phi) is 3.54. The van der Waals surface area contributed by atoms with E-state index in [-0.39, 0.29) is 0 Å². The molecule has 1 heterocycles. The standard InChI is InChI=1S/C15H18ClIN2/c1-10(2)15(5-6-15)9-19-13-4-3-11(17)7-12(13)18-14(19)8-16/h3-4,7,10H,5-6,8-9H2,1-2H3. The number of alkyl halides is 1. The maximum atomic E-state index is 6.09. The van der Waals surface area contributed by atoms with Gasteiger partial charge in [-0.05, 0) is 65.0 Å². The summed E-state index contributed by atoms with van der Waals surface area (Å²) < 4.78 is 3.56. The van der Waals surface area contributed by atoms with Gasteiger partial charge in [-0.15, -0.1) is 11.6 Å². The molecule has 1 aromatic heterocycles. The van der Waals surface area contributed by atoms with Crippen molar-refractivity contribution in [2.24, 2.45) is 11.3 Å². The van der Waals surface area contributed by atoms with Gasteiger partial charge < -0.3 is 4.57 Å². The zero-order valence-electron chi connectivity index (χ0n) is 11.3. The van der Waals surface area contributed by atoms with Crippen molar-refractivity contribution < 1.29 is 0 Å². The zero-order valence-corrected chi connectivity index (χ0v) is 14.2. The molecule has 0 radical (unpaired) electrons. The van der Waals surface area contributed by atoms with Crippen LogP contribution in [0.15, 0.2) is 18.2 Å². The highest BCUT2D eigenvalue weighted by Gasteiger charge is 2.45. The molecule has 3 rings (SSSR count). The number of hydrogen-bond acceptors (Lipinski definition) is 1. The van der Waals surface area contributed by atoms with Crippen molar-refractivity contribution in [3.63, 3.8) is 0 Å². The first-order valence-corrected chi connectivity index (χ1v) is 8.38. The van der Waals surface area contributed by atoms with Crippen LogP contribution in [0.1, 0.15) is 32.5 Å². The number of nitrogens with zero attached hydrogens (tertiary/aromatic N) is 2. The van der Waals surface area contributed by atoms with Crippen molar-refractivity contribution in [3.05, 3.63) is 27.6 Å². The Morgan fingerprint density at radius 1 is 1.42 bits per heavy atom. The molecule has 0 amide bonds. The Bertz CT molecular complexity index is 614. The van der Waals surface area contributed by atoms with Crippen LogP contribution in [-0.2, 0) is 12.4 Å². The van der Waals surface area contributed by atoms with Crippen molar-refractivity contribution in [2.75, 3.05) is 0 Å². The molecule has 2 nitrogen and oxygen atoms in total. The normalized spacial score (nSPS) is 17.3. The molecule has 0 saturated heterocycles. The van der Waals surface area contributed by atoms with Gasteiger partial charge in [0.05, 0.1) is 16.9 Å². The maximum absolute atomic E-state index is 6.09. The first kappa shape index (κ1) is 13.7. The fraction of sp³-hybridized carbons (Fsp3) is 0.533. The predicted octanol–water partition coefficient (Wildman–Crippen LogP) is 4.82. The Balaban J connectivity index is 2.06. The highest BCUT2D eigenvalue weighted by molar-refractivity contribution is 14.1. The van der Waals surface area contributed by atoms with Crippen molar-refractivity contribution in [2.45, 2.75) is 39.1 Å². The third-order valence-electron chi connectivity index (χ3n) is 4.50. The van der Waals surface area contributed by atoms with Gasteiger partial charge >= 0.3 is 0 Å². The van der Waals surface area contributed by atoms with Crippen molar-refractivity contribution in [1.82, 2.24) is 9.55 Å². The zero-order chi connectivity index (χ0) is 13.6. The average Bonchev–Trinajstić information content (AvgIpc) is 3.08. The minimum Gasteiger partial charge on any atom is -0.326 e. The highest BCUT2D eigenvalue weighted by atomic mass is 127. The molecule has 1 aliphatic carbocycles. The number of rotatable bonds is 4. The van der Waals surface area contributed by atoms with Crippen LogP contribution in [0.3, 0.4) is 0 Å². The van der Waals surface area contributed by atoms with Crippen LogP contribution in [0.4, 0.5) is 0 Å². The van der Waals surface area contributed by atoms with Crippen molar-refractivity contribution in [1.29, 1.82) is 0 Å². The summed E-state index contributed by atoms with van der Waals surface area (Å²) in [5.41, 5.74) is 2.77. The summed E-state index contributed by atoms with van der Waals surface area (Å²) in [7, 11) is 0. The lowest BCUT2D eigenvalue weighted by Gasteiger charge is -2.21. The lowest BCUT2D eigenvalue weighted by atomic mass is 9.92. The molecule has 1 fully saturated rings. The van der Waals surface area contributed by atoms with Gasteiger partial charge in [0.2, 0.25) is 0 Å². The number of halogens is 2. The second kappa shape index (κ2) is 4.92. The molecule has 0 spiro atoms. The Labute approximate surface area is 132 Å². The summed E-state index contributed by atoms with van der Waals surface area (Å²) in [6.45, 7) is 5.72. The third kappa shape index (κ3) is 2.40. The minimum atomic E-state index is 0.470. The first-order valence-electron chi connectivity index (χ1n) is 6.76. The van der Waals surface area contributed by atoms with E-state index in [2.05, 4.69) is 64.2 Å². The molecule has 19 heavy (non-hydrogen) atoms. The molecular weight excluding hydrogens is 371 g/mol. The summed E-state index contributed by atoms with van der Waals surface area (Å²) >= 11 is 8.42. The number of imidazole rings is 1. The fourth-order valence-corrected chi connectivity index (χ4v) is 3.50. The van der Waals surface area contributed by atoms with Crippen LogP contribution in [0.2, 0.25) is 0 Å². The molecule has 1 saturated carbocycles. The molecule has 0 aliphatic heterocycles. The van der Waals surface area contributed by atoms with Gasteiger partial charge in [-0.25, -0.2) is 4.98 Å². The van der Waals surface area contributed by atoms with Crippen molar-refractivity contribution >= 4 is 45.2 Å². The number of fused-ring (bicyclic) bond motifs is 1. The van der Waals surface area contributed by atoms with E-state index in [0.717, 1.165) is 23.8 Å². The molecule has 2 aromatic rings. The molecule has 0 bridgehead atoms. The lowest BCUT2D eigenvalue weighted by Crippen LogP contribution is -2.19.